The molecule has 0 bridgehead atoms. The summed E-state index contributed by atoms with van der Waals surface area (Å²) in [6.07, 6.45) is 5.87. The SMILES string of the molecule is C#CC1CC(=O)N(c2ccccc2SCC)C1. The molecule has 1 amide bonds. The number of anilines is 1. The second-order valence-electron chi connectivity index (χ2n) is 3.97. The number of thioether (sulfide) groups is 1. The smallest absolute Gasteiger partial charge is 0.228 e. The van der Waals surface area contributed by atoms with Gasteiger partial charge in [0, 0.05) is 23.8 Å². The maximum absolute atomic E-state index is 11.9. The third-order valence-corrected chi connectivity index (χ3v) is 3.76. The van der Waals surface area contributed by atoms with Crippen LogP contribution >= 0.6 is 11.8 Å². The molecule has 88 valence electrons. The van der Waals surface area contributed by atoms with Crippen molar-refractivity contribution >= 4 is 23.4 Å². The minimum Gasteiger partial charge on any atom is -0.310 e. The molecule has 2 nitrogen and oxygen atoms in total. The van der Waals surface area contributed by atoms with Gasteiger partial charge in [0.05, 0.1) is 5.69 Å². The molecule has 1 unspecified atom stereocenters. The van der Waals surface area contributed by atoms with Crippen molar-refractivity contribution in [1.82, 2.24) is 0 Å². The molecule has 1 saturated heterocycles. The highest BCUT2D eigenvalue weighted by Gasteiger charge is 2.30. The monoisotopic (exact) mass is 245 g/mol. The van der Waals surface area contributed by atoms with Crippen molar-refractivity contribution in [2.75, 3.05) is 17.2 Å². The summed E-state index contributed by atoms with van der Waals surface area (Å²) in [5, 5.41) is 0. The van der Waals surface area contributed by atoms with Crippen LogP contribution < -0.4 is 4.90 Å². The Morgan fingerprint density at radius 3 is 2.94 bits per heavy atom. The lowest BCUT2D eigenvalue weighted by Crippen LogP contribution is -2.24. The molecule has 0 aliphatic carbocycles. The van der Waals surface area contributed by atoms with Crippen molar-refractivity contribution in [3.8, 4) is 12.3 Å². The Balaban J connectivity index is 2.28. The molecule has 2 rings (SSSR count). The van der Waals surface area contributed by atoms with Gasteiger partial charge >= 0.3 is 0 Å². The van der Waals surface area contributed by atoms with Gasteiger partial charge in [0.2, 0.25) is 5.91 Å². The first-order chi connectivity index (χ1) is 8.26. The van der Waals surface area contributed by atoms with Crippen LogP contribution in [0.1, 0.15) is 13.3 Å². The first-order valence-electron chi connectivity index (χ1n) is 5.74. The number of benzene rings is 1. The molecule has 3 heteroatoms. The van der Waals surface area contributed by atoms with Gasteiger partial charge < -0.3 is 4.90 Å². The zero-order valence-electron chi connectivity index (χ0n) is 9.85. The molecule has 17 heavy (non-hydrogen) atoms. The van der Waals surface area contributed by atoms with E-state index in [4.69, 9.17) is 6.42 Å². The molecule has 0 aromatic heterocycles. The minimum absolute atomic E-state index is 0.0576. The van der Waals surface area contributed by atoms with Gasteiger partial charge in [-0.25, -0.2) is 0 Å². The number of amides is 1. The molecule has 0 N–H and O–H groups in total. The quantitative estimate of drug-likeness (QED) is 0.603. The fourth-order valence-electron chi connectivity index (χ4n) is 2.01. The topological polar surface area (TPSA) is 20.3 Å². The van der Waals surface area contributed by atoms with Gasteiger partial charge in [-0.1, -0.05) is 19.1 Å². The lowest BCUT2D eigenvalue weighted by Gasteiger charge is -2.19. The summed E-state index contributed by atoms with van der Waals surface area (Å²) in [5.74, 6) is 3.87. The first-order valence-corrected chi connectivity index (χ1v) is 6.73. The highest BCUT2D eigenvalue weighted by molar-refractivity contribution is 7.99. The number of rotatable bonds is 3. The summed E-state index contributed by atoms with van der Waals surface area (Å²) < 4.78 is 0. The molecule has 0 spiro atoms. The maximum Gasteiger partial charge on any atom is 0.228 e. The van der Waals surface area contributed by atoms with Crippen LogP contribution in [0.2, 0.25) is 0 Å². The van der Waals surface area contributed by atoms with E-state index in [1.807, 2.05) is 23.1 Å². The molecule has 1 aromatic carbocycles. The molecule has 1 heterocycles. The summed E-state index contributed by atoms with van der Waals surface area (Å²) in [6.45, 7) is 2.76. The van der Waals surface area contributed by atoms with E-state index in [1.54, 1.807) is 11.8 Å². The fraction of sp³-hybridized carbons (Fsp3) is 0.357. The number of carbonyl (C=O) groups excluding carboxylic acids is 1. The molecule has 1 aliphatic heterocycles. The average molecular weight is 245 g/mol. The maximum atomic E-state index is 11.9. The van der Waals surface area contributed by atoms with E-state index in [0.29, 0.717) is 13.0 Å². The van der Waals surface area contributed by atoms with E-state index in [2.05, 4.69) is 18.9 Å². The summed E-state index contributed by atoms with van der Waals surface area (Å²) in [4.78, 5) is 14.9. The largest absolute Gasteiger partial charge is 0.310 e. The van der Waals surface area contributed by atoms with Crippen LogP contribution in [0.4, 0.5) is 5.69 Å². The number of hydrogen-bond acceptors (Lipinski definition) is 2. The number of hydrogen-bond donors (Lipinski definition) is 0. The van der Waals surface area contributed by atoms with E-state index >= 15 is 0 Å². The van der Waals surface area contributed by atoms with E-state index in [0.717, 1.165) is 16.3 Å². The van der Waals surface area contributed by atoms with Gasteiger partial charge in [0.15, 0.2) is 0 Å². The fourth-order valence-corrected chi connectivity index (χ4v) is 2.82. The van der Waals surface area contributed by atoms with E-state index < -0.39 is 0 Å². The van der Waals surface area contributed by atoms with Crippen molar-refractivity contribution in [2.45, 2.75) is 18.2 Å². The number of terminal acetylenes is 1. The van der Waals surface area contributed by atoms with Gasteiger partial charge in [-0.15, -0.1) is 24.1 Å². The molecular formula is C14H15NOS. The van der Waals surface area contributed by atoms with E-state index in [-0.39, 0.29) is 11.8 Å². The average Bonchev–Trinajstić information content (AvgIpc) is 2.72. The summed E-state index contributed by atoms with van der Waals surface area (Å²) in [7, 11) is 0. The van der Waals surface area contributed by atoms with Crippen molar-refractivity contribution in [1.29, 1.82) is 0 Å². The standard InChI is InChI=1S/C14H15NOS/c1-3-11-9-14(16)15(10-11)12-7-5-6-8-13(12)17-4-2/h1,5-8,11H,4,9-10H2,2H3. The van der Waals surface area contributed by atoms with Crippen molar-refractivity contribution in [3.63, 3.8) is 0 Å². The Labute approximate surface area is 106 Å². The Hall–Kier alpha value is -1.40. The first kappa shape index (κ1) is 12.1. The van der Waals surface area contributed by atoms with Gasteiger partial charge in [0.1, 0.15) is 0 Å². The number of carbonyl (C=O) groups is 1. The minimum atomic E-state index is 0.0576. The van der Waals surface area contributed by atoms with E-state index in [1.165, 1.54) is 0 Å². The zero-order valence-corrected chi connectivity index (χ0v) is 10.7. The van der Waals surface area contributed by atoms with Crippen LogP contribution in [-0.2, 0) is 4.79 Å². The second kappa shape index (κ2) is 5.29. The van der Waals surface area contributed by atoms with Crippen molar-refractivity contribution < 1.29 is 4.79 Å². The molecule has 1 aliphatic rings. The highest BCUT2D eigenvalue weighted by atomic mass is 32.2. The second-order valence-corrected chi connectivity index (χ2v) is 5.28. The lowest BCUT2D eigenvalue weighted by molar-refractivity contribution is -0.117. The molecular weight excluding hydrogens is 230 g/mol. The molecule has 0 saturated carbocycles. The van der Waals surface area contributed by atoms with Gasteiger partial charge in [-0.3, -0.25) is 4.79 Å². The molecule has 0 radical (unpaired) electrons. The Morgan fingerprint density at radius 2 is 2.29 bits per heavy atom. The summed E-state index contributed by atoms with van der Waals surface area (Å²) in [5.41, 5.74) is 1.00. The van der Waals surface area contributed by atoms with Crippen molar-refractivity contribution in [3.05, 3.63) is 24.3 Å². The molecule has 1 fully saturated rings. The Morgan fingerprint density at radius 1 is 1.53 bits per heavy atom. The highest BCUT2D eigenvalue weighted by Crippen LogP contribution is 2.33. The van der Waals surface area contributed by atoms with Crippen LogP contribution in [0.3, 0.4) is 0 Å². The summed E-state index contributed by atoms with van der Waals surface area (Å²) >= 11 is 1.75. The van der Waals surface area contributed by atoms with Gasteiger partial charge in [0.25, 0.3) is 0 Å². The number of para-hydroxylation sites is 1. The van der Waals surface area contributed by atoms with Gasteiger partial charge in [-0.2, -0.15) is 0 Å². The van der Waals surface area contributed by atoms with Crippen LogP contribution in [-0.4, -0.2) is 18.2 Å². The summed E-state index contributed by atoms with van der Waals surface area (Å²) in [6, 6.07) is 8.01. The van der Waals surface area contributed by atoms with Crippen LogP contribution in [0.25, 0.3) is 0 Å². The predicted molar refractivity (Wildman–Crippen MR) is 72.1 cm³/mol. The van der Waals surface area contributed by atoms with E-state index in [9.17, 15) is 4.79 Å². The normalized spacial score (nSPS) is 19.4. The predicted octanol–water partition coefficient (Wildman–Crippen LogP) is 2.78. The van der Waals surface area contributed by atoms with Crippen molar-refractivity contribution in [2.24, 2.45) is 5.92 Å². The molecule has 1 atom stereocenters. The van der Waals surface area contributed by atoms with Crippen LogP contribution in [0.5, 0.6) is 0 Å². The number of nitrogens with zero attached hydrogens (tertiary/aromatic N) is 1. The Bertz CT molecular complexity index is 464. The molecule has 1 aromatic rings. The zero-order chi connectivity index (χ0) is 12.3. The Kier molecular flexibility index (Phi) is 3.75. The van der Waals surface area contributed by atoms with Crippen LogP contribution in [0, 0.1) is 18.3 Å². The lowest BCUT2D eigenvalue weighted by atomic mass is 10.1. The third kappa shape index (κ3) is 2.48. The van der Waals surface area contributed by atoms with Gasteiger partial charge in [-0.05, 0) is 17.9 Å². The van der Waals surface area contributed by atoms with Crippen LogP contribution in [0.15, 0.2) is 29.2 Å². The third-order valence-electron chi connectivity index (χ3n) is 2.82.